The van der Waals surface area contributed by atoms with E-state index in [4.69, 9.17) is 4.74 Å². The maximum absolute atomic E-state index is 12.5. The van der Waals surface area contributed by atoms with Crippen LogP contribution in [0.2, 0.25) is 0 Å². The van der Waals surface area contributed by atoms with Crippen LogP contribution < -0.4 is 5.32 Å². The molecule has 136 valence electrons. The molecule has 2 aliphatic rings. The lowest BCUT2D eigenvalue weighted by atomic mass is 10.0. The van der Waals surface area contributed by atoms with E-state index in [0.29, 0.717) is 24.7 Å². The SMILES string of the molecule is O=C(O)[C@@H](NC(=O)N1CCC(N2CCOCC2)CC1)c1ccccc1. The maximum Gasteiger partial charge on any atom is 0.330 e. The molecule has 0 radical (unpaired) electrons. The van der Waals surface area contributed by atoms with Crippen molar-refractivity contribution in [1.82, 2.24) is 15.1 Å². The zero-order valence-corrected chi connectivity index (χ0v) is 14.3. The van der Waals surface area contributed by atoms with Crippen LogP contribution in [0, 0.1) is 0 Å². The van der Waals surface area contributed by atoms with E-state index in [2.05, 4.69) is 10.2 Å². The Morgan fingerprint density at radius 2 is 1.72 bits per heavy atom. The first-order valence-corrected chi connectivity index (χ1v) is 8.80. The highest BCUT2D eigenvalue weighted by molar-refractivity contribution is 5.83. The first-order valence-electron chi connectivity index (χ1n) is 8.80. The maximum atomic E-state index is 12.5. The molecule has 0 spiro atoms. The van der Waals surface area contributed by atoms with Crippen molar-refractivity contribution in [3.63, 3.8) is 0 Å². The lowest BCUT2D eigenvalue weighted by molar-refractivity contribution is -0.139. The summed E-state index contributed by atoms with van der Waals surface area (Å²) < 4.78 is 5.39. The van der Waals surface area contributed by atoms with Gasteiger partial charge in [0.15, 0.2) is 6.04 Å². The minimum absolute atomic E-state index is 0.309. The molecule has 25 heavy (non-hydrogen) atoms. The zero-order chi connectivity index (χ0) is 17.6. The van der Waals surface area contributed by atoms with Gasteiger partial charge in [-0.25, -0.2) is 9.59 Å². The number of carboxylic acid groups (broad SMARTS) is 1. The summed E-state index contributed by atoms with van der Waals surface area (Å²) in [5.41, 5.74) is 0.576. The molecule has 2 amide bonds. The number of aliphatic carboxylic acids is 1. The molecule has 1 atom stereocenters. The third kappa shape index (κ3) is 4.49. The van der Waals surface area contributed by atoms with Crippen LogP contribution in [0.3, 0.4) is 0 Å². The minimum Gasteiger partial charge on any atom is -0.479 e. The summed E-state index contributed by atoms with van der Waals surface area (Å²) in [6, 6.07) is 7.93. The van der Waals surface area contributed by atoms with Crippen LogP contribution in [-0.4, -0.2) is 72.3 Å². The van der Waals surface area contributed by atoms with Crippen LogP contribution in [0.5, 0.6) is 0 Å². The number of carbonyl (C=O) groups is 2. The molecule has 0 aromatic heterocycles. The monoisotopic (exact) mass is 347 g/mol. The van der Waals surface area contributed by atoms with Crippen molar-refractivity contribution >= 4 is 12.0 Å². The largest absolute Gasteiger partial charge is 0.479 e. The molecule has 2 saturated heterocycles. The zero-order valence-electron chi connectivity index (χ0n) is 14.3. The number of carboxylic acids is 1. The van der Waals surface area contributed by atoms with Gasteiger partial charge in [0.1, 0.15) is 0 Å². The number of amides is 2. The van der Waals surface area contributed by atoms with Crippen LogP contribution in [0.25, 0.3) is 0 Å². The van der Waals surface area contributed by atoms with Crippen LogP contribution in [0.4, 0.5) is 4.79 Å². The number of morpholine rings is 1. The van der Waals surface area contributed by atoms with E-state index < -0.39 is 12.0 Å². The highest BCUT2D eigenvalue weighted by Crippen LogP contribution is 2.19. The first-order chi connectivity index (χ1) is 12.1. The summed E-state index contributed by atoms with van der Waals surface area (Å²) >= 11 is 0. The third-order valence-electron chi connectivity index (χ3n) is 4.96. The average molecular weight is 347 g/mol. The number of nitrogens with one attached hydrogen (secondary N) is 1. The Labute approximate surface area is 147 Å². The standard InChI is InChI=1S/C18H25N3O4/c22-17(23)16(14-4-2-1-3-5-14)19-18(24)21-8-6-15(7-9-21)20-10-12-25-13-11-20/h1-5,15-16H,6-13H2,(H,19,24)(H,22,23)/t16-/m0/s1. The Morgan fingerprint density at radius 3 is 2.32 bits per heavy atom. The second-order valence-corrected chi connectivity index (χ2v) is 6.50. The number of hydrogen-bond acceptors (Lipinski definition) is 4. The number of likely N-dealkylation sites (tertiary alicyclic amines) is 1. The molecule has 7 heteroatoms. The van der Waals surface area contributed by atoms with E-state index >= 15 is 0 Å². The number of hydrogen-bond donors (Lipinski definition) is 2. The first kappa shape index (κ1) is 17.7. The molecule has 7 nitrogen and oxygen atoms in total. The molecular weight excluding hydrogens is 322 g/mol. The van der Waals surface area contributed by atoms with Gasteiger partial charge in [-0.1, -0.05) is 30.3 Å². The topological polar surface area (TPSA) is 82.1 Å². The number of benzene rings is 1. The predicted molar refractivity (Wildman–Crippen MR) is 92.3 cm³/mol. The summed E-state index contributed by atoms with van der Waals surface area (Å²) in [7, 11) is 0. The van der Waals surface area contributed by atoms with Crippen LogP contribution >= 0.6 is 0 Å². The summed E-state index contributed by atoms with van der Waals surface area (Å²) in [4.78, 5) is 28.2. The normalized spacial score (nSPS) is 20.9. The van der Waals surface area contributed by atoms with E-state index in [1.54, 1.807) is 29.2 Å². The quantitative estimate of drug-likeness (QED) is 0.858. The van der Waals surface area contributed by atoms with E-state index in [0.717, 1.165) is 39.1 Å². The van der Waals surface area contributed by atoms with Crippen molar-refractivity contribution in [2.45, 2.75) is 24.9 Å². The molecule has 2 fully saturated rings. The fourth-order valence-corrected chi connectivity index (χ4v) is 3.52. The van der Waals surface area contributed by atoms with E-state index in [9.17, 15) is 14.7 Å². The van der Waals surface area contributed by atoms with Gasteiger partial charge in [0, 0.05) is 32.2 Å². The molecule has 2 N–H and O–H groups in total. The van der Waals surface area contributed by atoms with Gasteiger partial charge >= 0.3 is 12.0 Å². The molecule has 3 rings (SSSR count). The molecule has 1 aromatic rings. The highest BCUT2D eigenvalue weighted by atomic mass is 16.5. The lowest BCUT2D eigenvalue weighted by Gasteiger charge is -2.40. The van der Waals surface area contributed by atoms with Crippen molar-refractivity contribution < 1.29 is 19.4 Å². The van der Waals surface area contributed by atoms with E-state index in [1.807, 2.05) is 6.07 Å². The van der Waals surface area contributed by atoms with Gasteiger partial charge in [0.2, 0.25) is 0 Å². The summed E-state index contributed by atoms with van der Waals surface area (Å²) in [5.74, 6) is -1.05. The summed E-state index contributed by atoms with van der Waals surface area (Å²) in [6.45, 7) is 4.75. The van der Waals surface area contributed by atoms with E-state index in [1.165, 1.54) is 0 Å². The molecule has 0 bridgehead atoms. The second-order valence-electron chi connectivity index (χ2n) is 6.50. The summed E-state index contributed by atoms with van der Waals surface area (Å²) in [6.07, 6.45) is 1.83. The Balaban J connectivity index is 1.54. The molecule has 0 aliphatic carbocycles. The van der Waals surface area contributed by atoms with Crippen LogP contribution in [0.15, 0.2) is 30.3 Å². The second kappa shape index (κ2) is 8.31. The Hall–Kier alpha value is -2.12. The molecule has 0 saturated carbocycles. The van der Waals surface area contributed by atoms with Gasteiger partial charge in [0.25, 0.3) is 0 Å². The number of piperidine rings is 1. The Bertz CT molecular complexity index is 581. The number of rotatable bonds is 4. The molecule has 2 aliphatic heterocycles. The van der Waals surface area contributed by atoms with Crippen molar-refractivity contribution in [3.05, 3.63) is 35.9 Å². The van der Waals surface area contributed by atoms with E-state index in [-0.39, 0.29) is 6.03 Å². The number of ether oxygens (including phenoxy) is 1. The van der Waals surface area contributed by atoms with Crippen molar-refractivity contribution in [2.75, 3.05) is 39.4 Å². The minimum atomic E-state index is -1.05. The third-order valence-corrected chi connectivity index (χ3v) is 4.96. The molecular formula is C18H25N3O4. The average Bonchev–Trinajstić information content (AvgIpc) is 2.67. The fraction of sp³-hybridized carbons (Fsp3) is 0.556. The van der Waals surface area contributed by atoms with Crippen LogP contribution in [-0.2, 0) is 9.53 Å². The van der Waals surface area contributed by atoms with Gasteiger partial charge < -0.3 is 20.1 Å². The smallest absolute Gasteiger partial charge is 0.330 e. The van der Waals surface area contributed by atoms with Gasteiger partial charge in [-0.3, -0.25) is 4.90 Å². The van der Waals surface area contributed by atoms with Gasteiger partial charge in [-0.15, -0.1) is 0 Å². The van der Waals surface area contributed by atoms with Crippen LogP contribution in [0.1, 0.15) is 24.4 Å². The highest BCUT2D eigenvalue weighted by Gasteiger charge is 2.30. The van der Waals surface area contributed by atoms with Gasteiger partial charge in [0.05, 0.1) is 13.2 Å². The Kier molecular flexibility index (Phi) is 5.88. The Morgan fingerprint density at radius 1 is 1.08 bits per heavy atom. The van der Waals surface area contributed by atoms with Gasteiger partial charge in [-0.2, -0.15) is 0 Å². The number of carbonyl (C=O) groups excluding carboxylic acids is 1. The van der Waals surface area contributed by atoms with Crippen molar-refractivity contribution in [2.24, 2.45) is 0 Å². The van der Waals surface area contributed by atoms with Crippen molar-refractivity contribution in [3.8, 4) is 0 Å². The summed E-state index contributed by atoms with van der Waals surface area (Å²) in [5, 5.41) is 12.1. The van der Waals surface area contributed by atoms with Crippen molar-refractivity contribution in [1.29, 1.82) is 0 Å². The molecule has 0 unspecified atom stereocenters. The fourth-order valence-electron chi connectivity index (χ4n) is 3.52. The molecule has 1 aromatic carbocycles. The van der Waals surface area contributed by atoms with Gasteiger partial charge in [-0.05, 0) is 18.4 Å². The number of nitrogens with zero attached hydrogens (tertiary/aromatic N) is 2. The predicted octanol–water partition coefficient (Wildman–Crippen LogP) is 1.32. The molecule has 2 heterocycles. The lowest BCUT2D eigenvalue weighted by Crippen LogP contribution is -2.52. The number of urea groups is 1.